The average molecular weight is 175 g/mol. The van der Waals surface area contributed by atoms with Crippen molar-refractivity contribution < 1.29 is 5.11 Å². The van der Waals surface area contributed by atoms with Crippen molar-refractivity contribution in [1.82, 2.24) is 0 Å². The predicted molar refractivity (Wildman–Crippen MR) is 51.5 cm³/mol. The molecule has 0 aliphatic heterocycles. The molecule has 0 saturated heterocycles. The highest BCUT2D eigenvalue weighted by atomic mass is 32.2. The molecule has 0 heterocycles. The molecular weight excluding hydrogens is 156 g/mol. The fourth-order valence-electron chi connectivity index (χ4n) is 0.614. The third-order valence-corrected chi connectivity index (χ3v) is 3.10. The second kappa shape index (κ2) is 5.04. The third kappa shape index (κ3) is 8.21. The van der Waals surface area contributed by atoms with Crippen LogP contribution < -0.4 is 0 Å². The topological polar surface area (TPSA) is 19.9 Å². The fraction of sp³-hybridized carbons (Fsp3) is 1.00. The first-order valence-electron chi connectivity index (χ1n) is 4.11. The quantitative estimate of drug-likeness (QED) is 0.643. The lowest BCUT2D eigenvalue weighted by molar-refractivity contribution is 0.160. The van der Waals surface area contributed by atoms with E-state index in [9.17, 15) is 5.11 Å². The summed E-state index contributed by atoms with van der Waals surface area (Å²) >= 11 is 1.89. The van der Waals surface area contributed by atoms with Gasteiger partial charge in [-0.3, -0.25) is 0 Å². The molecule has 0 aromatic heterocycles. The highest BCUT2D eigenvalue weighted by molar-refractivity contribution is 7.99. The molecule has 0 N–H and O–H groups in total. The maximum absolute atomic E-state index is 10.4. The summed E-state index contributed by atoms with van der Waals surface area (Å²) in [5.41, 5.74) is 0.396. The lowest BCUT2D eigenvalue weighted by atomic mass is 10.0. The molecule has 0 rings (SSSR count). The molecule has 1 radical (unpaired) electrons. The van der Waals surface area contributed by atoms with E-state index < -0.39 is 0 Å². The van der Waals surface area contributed by atoms with Gasteiger partial charge in [0.05, 0.1) is 6.61 Å². The SMILES string of the molecule is CC(C[O])CSCC(C)(C)C. The largest absolute Gasteiger partial charge is 0.236 e. The van der Waals surface area contributed by atoms with Crippen LogP contribution in [0.4, 0.5) is 0 Å². The van der Waals surface area contributed by atoms with Crippen LogP contribution in [-0.4, -0.2) is 18.1 Å². The van der Waals surface area contributed by atoms with Gasteiger partial charge in [0, 0.05) is 0 Å². The molecule has 0 aliphatic carbocycles. The molecule has 0 aliphatic rings. The van der Waals surface area contributed by atoms with E-state index in [1.165, 1.54) is 0 Å². The summed E-state index contributed by atoms with van der Waals surface area (Å²) in [6.45, 7) is 8.76. The molecule has 1 atom stereocenters. The summed E-state index contributed by atoms with van der Waals surface area (Å²) in [6, 6.07) is 0. The summed E-state index contributed by atoms with van der Waals surface area (Å²) in [5.74, 6) is 2.50. The molecule has 0 bridgehead atoms. The molecular formula is C9H19OS. The van der Waals surface area contributed by atoms with Crippen molar-refractivity contribution in [3.8, 4) is 0 Å². The third-order valence-electron chi connectivity index (χ3n) is 1.22. The molecule has 0 saturated carbocycles. The zero-order valence-electron chi connectivity index (χ0n) is 8.02. The summed E-state index contributed by atoms with van der Waals surface area (Å²) in [5, 5.41) is 10.4. The lowest BCUT2D eigenvalue weighted by Gasteiger charge is -2.18. The summed E-state index contributed by atoms with van der Waals surface area (Å²) in [4.78, 5) is 0. The van der Waals surface area contributed by atoms with Crippen LogP contribution in [0.15, 0.2) is 0 Å². The number of hydrogen-bond acceptors (Lipinski definition) is 1. The predicted octanol–water partition coefficient (Wildman–Crippen LogP) is 2.83. The molecule has 1 nitrogen and oxygen atoms in total. The minimum absolute atomic E-state index is 0.0666. The van der Waals surface area contributed by atoms with Crippen LogP contribution in [-0.2, 0) is 5.11 Å². The Labute approximate surface area is 74.6 Å². The average Bonchev–Trinajstić information content (AvgIpc) is 1.85. The van der Waals surface area contributed by atoms with E-state index in [2.05, 4.69) is 20.8 Å². The number of rotatable bonds is 4. The summed E-state index contributed by atoms with van der Waals surface area (Å²) in [6.07, 6.45) is 0. The maximum Gasteiger partial charge on any atom is 0.0855 e. The Kier molecular flexibility index (Phi) is 5.19. The van der Waals surface area contributed by atoms with Gasteiger partial charge in [0.1, 0.15) is 0 Å². The molecule has 0 amide bonds. The van der Waals surface area contributed by atoms with Crippen LogP contribution in [0.2, 0.25) is 0 Å². The Bertz CT molecular complexity index is 96.2. The van der Waals surface area contributed by atoms with Crippen molar-refractivity contribution in [2.45, 2.75) is 27.7 Å². The monoisotopic (exact) mass is 175 g/mol. The van der Waals surface area contributed by atoms with Crippen molar-refractivity contribution in [3.05, 3.63) is 0 Å². The molecule has 0 aromatic rings. The normalized spacial score (nSPS) is 15.0. The van der Waals surface area contributed by atoms with E-state index in [0.717, 1.165) is 11.5 Å². The first kappa shape index (κ1) is 11.3. The van der Waals surface area contributed by atoms with Gasteiger partial charge in [-0.05, 0) is 22.8 Å². The van der Waals surface area contributed by atoms with Crippen molar-refractivity contribution >= 4 is 11.8 Å². The van der Waals surface area contributed by atoms with Gasteiger partial charge >= 0.3 is 0 Å². The molecule has 11 heavy (non-hydrogen) atoms. The van der Waals surface area contributed by atoms with Crippen LogP contribution in [0.3, 0.4) is 0 Å². The number of thioether (sulfide) groups is 1. The molecule has 1 unspecified atom stereocenters. The van der Waals surface area contributed by atoms with Crippen LogP contribution in [0.5, 0.6) is 0 Å². The van der Waals surface area contributed by atoms with Gasteiger partial charge in [-0.1, -0.05) is 27.7 Å². The zero-order chi connectivity index (χ0) is 8.91. The second-order valence-corrected chi connectivity index (χ2v) is 5.38. The van der Waals surface area contributed by atoms with Crippen molar-refractivity contribution in [2.75, 3.05) is 18.1 Å². The smallest absolute Gasteiger partial charge is 0.0855 e. The highest BCUT2D eigenvalue weighted by Crippen LogP contribution is 2.21. The van der Waals surface area contributed by atoms with E-state index in [-0.39, 0.29) is 6.61 Å². The van der Waals surface area contributed by atoms with Gasteiger partial charge in [-0.15, -0.1) is 0 Å². The van der Waals surface area contributed by atoms with Crippen molar-refractivity contribution in [1.29, 1.82) is 0 Å². The first-order valence-corrected chi connectivity index (χ1v) is 5.27. The standard InChI is InChI=1S/C9H19OS/c1-8(5-10)6-11-7-9(2,3)4/h8H,5-7H2,1-4H3. The molecule has 0 aromatic carbocycles. The van der Waals surface area contributed by atoms with Gasteiger partial charge in [0.2, 0.25) is 0 Å². The summed E-state index contributed by atoms with van der Waals surface area (Å²) < 4.78 is 0. The van der Waals surface area contributed by atoms with E-state index in [1.807, 2.05) is 18.7 Å². The van der Waals surface area contributed by atoms with Crippen molar-refractivity contribution in [3.63, 3.8) is 0 Å². The summed E-state index contributed by atoms with van der Waals surface area (Å²) in [7, 11) is 0. The van der Waals surface area contributed by atoms with Gasteiger partial charge in [0.15, 0.2) is 0 Å². The van der Waals surface area contributed by atoms with E-state index >= 15 is 0 Å². The van der Waals surface area contributed by atoms with Gasteiger partial charge in [-0.2, -0.15) is 11.8 Å². The number of hydrogen-bond donors (Lipinski definition) is 0. The van der Waals surface area contributed by atoms with Crippen LogP contribution in [0, 0.1) is 11.3 Å². The Morgan fingerprint density at radius 2 is 1.91 bits per heavy atom. The van der Waals surface area contributed by atoms with Gasteiger partial charge < -0.3 is 0 Å². The first-order chi connectivity index (χ1) is 4.95. The molecule has 2 heteroatoms. The van der Waals surface area contributed by atoms with Crippen LogP contribution in [0.1, 0.15) is 27.7 Å². The van der Waals surface area contributed by atoms with Crippen molar-refractivity contribution in [2.24, 2.45) is 11.3 Å². The van der Waals surface area contributed by atoms with Gasteiger partial charge in [-0.25, -0.2) is 5.11 Å². The van der Waals surface area contributed by atoms with E-state index in [1.54, 1.807) is 0 Å². The Hall–Kier alpha value is 0.310. The van der Waals surface area contributed by atoms with Crippen LogP contribution in [0.25, 0.3) is 0 Å². The fourth-order valence-corrected chi connectivity index (χ4v) is 1.84. The molecule has 0 spiro atoms. The molecule has 0 fully saturated rings. The van der Waals surface area contributed by atoms with Crippen LogP contribution >= 0.6 is 11.8 Å². The Morgan fingerprint density at radius 3 is 2.27 bits per heavy atom. The Morgan fingerprint density at radius 1 is 1.36 bits per heavy atom. The highest BCUT2D eigenvalue weighted by Gasteiger charge is 2.10. The second-order valence-electron chi connectivity index (χ2n) is 4.35. The zero-order valence-corrected chi connectivity index (χ0v) is 8.83. The lowest BCUT2D eigenvalue weighted by Crippen LogP contribution is -2.11. The molecule has 67 valence electrons. The van der Waals surface area contributed by atoms with E-state index in [4.69, 9.17) is 0 Å². The Balaban J connectivity index is 3.28. The minimum atomic E-state index is 0.0666. The maximum atomic E-state index is 10.4. The van der Waals surface area contributed by atoms with Gasteiger partial charge in [0.25, 0.3) is 0 Å². The van der Waals surface area contributed by atoms with E-state index in [0.29, 0.717) is 11.3 Å². The minimum Gasteiger partial charge on any atom is -0.236 e.